The van der Waals surface area contributed by atoms with E-state index in [-0.39, 0.29) is 27.6 Å². The molecule has 0 bridgehead atoms. The second-order valence-electron chi connectivity index (χ2n) is 8.07. The van der Waals surface area contributed by atoms with E-state index in [1.54, 1.807) is 41.3 Å². The maximum Gasteiger partial charge on any atom is 0.253 e. The highest BCUT2D eigenvalue weighted by molar-refractivity contribution is 7.91. The summed E-state index contributed by atoms with van der Waals surface area (Å²) in [6, 6.07) is 19.6. The highest BCUT2D eigenvalue weighted by atomic mass is 32.2. The molecule has 0 radical (unpaired) electrons. The van der Waals surface area contributed by atoms with E-state index >= 15 is 0 Å². The molecule has 2 aromatic carbocycles. The molecule has 0 aliphatic carbocycles. The molecule has 0 spiro atoms. The number of aryl methyl sites for hydroxylation is 1. The van der Waals surface area contributed by atoms with Gasteiger partial charge in [0, 0.05) is 31.7 Å². The number of nitrogens with zero attached hydrogens (tertiary/aromatic N) is 3. The number of sulfone groups is 1. The topological polar surface area (TPSA) is 83.7 Å². The van der Waals surface area contributed by atoms with Crippen LogP contribution >= 0.6 is 11.3 Å². The molecule has 7 nitrogen and oxygen atoms in total. The van der Waals surface area contributed by atoms with Gasteiger partial charge in [0.15, 0.2) is 0 Å². The Balaban J connectivity index is 1.45. The number of hydrogen-bond donors (Lipinski definition) is 0. The monoisotopic (exact) mass is 493 g/mol. The summed E-state index contributed by atoms with van der Waals surface area (Å²) in [7, 11) is -3.90. The van der Waals surface area contributed by atoms with Crippen LogP contribution in [0.3, 0.4) is 0 Å². The fourth-order valence-electron chi connectivity index (χ4n) is 3.88. The molecule has 0 saturated carbocycles. The Hall–Kier alpha value is -3.43. The molecule has 1 aliphatic rings. The lowest BCUT2D eigenvalue weighted by atomic mass is 10.2. The number of benzene rings is 2. The summed E-state index contributed by atoms with van der Waals surface area (Å²) in [4.78, 5) is 21.8. The molecule has 1 fully saturated rings. The van der Waals surface area contributed by atoms with Crippen molar-refractivity contribution in [2.45, 2.75) is 16.8 Å². The van der Waals surface area contributed by atoms with E-state index in [1.807, 2.05) is 47.5 Å². The number of amides is 1. The lowest BCUT2D eigenvalue weighted by molar-refractivity contribution is 0.0745. The van der Waals surface area contributed by atoms with Crippen LogP contribution < -0.4 is 4.90 Å². The van der Waals surface area contributed by atoms with E-state index in [2.05, 4.69) is 4.98 Å². The molecule has 4 aromatic rings. The van der Waals surface area contributed by atoms with Gasteiger partial charge in [-0.25, -0.2) is 8.42 Å². The van der Waals surface area contributed by atoms with Gasteiger partial charge in [-0.2, -0.15) is 4.98 Å². The fourth-order valence-corrected chi connectivity index (χ4v) is 5.85. The molecule has 3 heterocycles. The number of aromatic nitrogens is 1. The quantitative estimate of drug-likeness (QED) is 0.407. The first kappa shape index (κ1) is 22.4. The van der Waals surface area contributed by atoms with Crippen molar-refractivity contribution >= 4 is 33.0 Å². The van der Waals surface area contributed by atoms with Crippen molar-refractivity contribution in [1.29, 1.82) is 0 Å². The molecule has 0 N–H and O–H groups in total. The van der Waals surface area contributed by atoms with E-state index in [1.165, 1.54) is 11.3 Å². The van der Waals surface area contributed by atoms with Crippen molar-refractivity contribution in [2.24, 2.45) is 0 Å². The lowest BCUT2D eigenvalue weighted by Gasteiger charge is -2.34. The van der Waals surface area contributed by atoms with Gasteiger partial charge < -0.3 is 14.2 Å². The fraction of sp³-hybridized carbons (Fsp3) is 0.200. The van der Waals surface area contributed by atoms with Gasteiger partial charge in [0.2, 0.25) is 26.6 Å². The van der Waals surface area contributed by atoms with Crippen LogP contribution in [0.25, 0.3) is 10.8 Å². The summed E-state index contributed by atoms with van der Waals surface area (Å²) in [6.45, 7) is 3.69. The number of carbonyl (C=O) groups excluding carboxylic acids is 1. The lowest BCUT2D eigenvalue weighted by Crippen LogP contribution is -2.49. The van der Waals surface area contributed by atoms with Crippen LogP contribution in [0.5, 0.6) is 0 Å². The minimum Gasteiger partial charge on any atom is -0.418 e. The van der Waals surface area contributed by atoms with Crippen LogP contribution in [0.4, 0.5) is 5.88 Å². The molecule has 1 aliphatic heterocycles. The molecule has 9 heteroatoms. The molecule has 0 atom stereocenters. The molecule has 174 valence electrons. The minimum atomic E-state index is -3.90. The number of thiophene rings is 1. The Kier molecular flexibility index (Phi) is 5.97. The van der Waals surface area contributed by atoms with Gasteiger partial charge >= 0.3 is 0 Å². The number of carbonyl (C=O) groups is 1. The van der Waals surface area contributed by atoms with Gasteiger partial charge in [0.1, 0.15) is 0 Å². The van der Waals surface area contributed by atoms with Crippen LogP contribution in [-0.2, 0) is 9.84 Å². The van der Waals surface area contributed by atoms with Gasteiger partial charge in [-0.1, -0.05) is 42.0 Å². The van der Waals surface area contributed by atoms with Crippen molar-refractivity contribution in [1.82, 2.24) is 9.88 Å². The van der Waals surface area contributed by atoms with E-state index in [0.717, 1.165) is 10.4 Å². The zero-order valence-corrected chi connectivity index (χ0v) is 20.2. The second kappa shape index (κ2) is 9.08. The van der Waals surface area contributed by atoms with Crippen LogP contribution in [0.15, 0.2) is 86.4 Å². The van der Waals surface area contributed by atoms with E-state index in [9.17, 15) is 13.2 Å². The second-order valence-corrected chi connectivity index (χ2v) is 10.9. The zero-order valence-electron chi connectivity index (χ0n) is 18.5. The van der Waals surface area contributed by atoms with Gasteiger partial charge in [-0.15, -0.1) is 11.3 Å². The van der Waals surface area contributed by atoms with Gasteiger partial charge in [-0.3, -0.25) is 4.79 Å². The van der Waals surface area contributed by atoms with Crippen LogP contribution in [0.1, 0.15) is 15.9 Å². The first-order chi connectivity index (χ1) is 16.4. The molecule has 1 saturated heterocycles. The summed E-state index contributed by atoms with van der Waals surface area (Å²) < 4.78 is 33.1. The molecule has 2 aromatic heterocycles. The smallest absolute Gasteiger partial charge is 0.253 e. The Morgan fingerprint density at radius 1 is 0.941 bits per heavy atom. The third kappa shape index (κ3) is 4.24. The number of anilines is 1. The normalized spacial score (nSPS) is 14.4. The SMILES string of the molecule is Cc1ccc(S(=O)(=O)c2nc(-c3cccs3)oc2N2CCN(C(=O)c3ccccc3)CC2)cc1. The van der Waals surface area contributed by atoms with Crippen molar-refractivity contribution in [3.05, 3.63) is 83.2 Å². The third-order valence-electron chi connectivity index (χ3n) is 5.77. The summed E-state index contributed by atoms with van der Waals surface area (Å²) in [6.07, 6.45) is 0. The number of oxazole rings is 1. The average Bonchev–Trinajstić information content (AvgIpc) is 3.55. The van der Waals surface area contributed by atoms with Crippen LogP contribution in [0.2, 0.25) is 0 Å². The molecule has 34 heavy (non-hydrogen) atoms. The maximum atomic E-state index is 13.5. The van der Waals surface area contributed by atoms with E-state index in [4.69, 9.17) is 4.42 Å². The van der Waals surface area contributed by atoms with Crippen molar-refractivity contribution in [2.75, 3.05) is 31.1 Å². The summed E-state index contributed by atoms with van der Waals surface area (Å²) in [5.41, 5.74) is 1.61. The first-order valence-corrected chi connectivity index (χ1v) is 13.3. The van der Waals surface area contributed by atoms with Crippen LogP contribution in [-0.4, -0.2) is 50.4 Å². The molecular weight excluding hydrogens is 470 g/mol. The predicted molar refractivity (Wildman–Crippen MR) is 131 cm³/mol. The number of piperazine rings is 1. The Bertz CT molecular complexity index is 1390. The van der Waals surface area contributed by atoms with Crippen LogP contribution in [0, 0.1) is 6.92 Å². The molecular formula is C25H23N3O4S2. The van der Waals surface area contributed by atoms with Crippen molar-refractivity contribution < 1.29 is 17.6 Å². The van der Waals surface area contributed by atoms with Crippen molar-refractivity contribution in [3.63, 3.8) is 0 Å². The highest BCUT2D eigenvalue weighted by Gasteiger charge is 2.33. The highest BCUT2D eigenvalue weighted by Crippen LogP contribution is 2.36. The summed E-state index contributed by atoms with van der Waals surface area (Å²) >= 11 is 1.43. The number of hydrogen-bond acceptors (Lipinski definition) is 7. The minimum absolute atomic E-state index is 0.0374. The Morgan fingerprint density at radius 3 is 2.29 bits per heavy atom. The maximum absolute atomic E-state index is 13.5. The average molecular weight is 494 g/mol. The Labute approximate surface area is 202 Å². The molecule has 1 amide bonds. The predicted octanol–water partition coefficient (Wildman–Crippen LogP) is 4.51. The first-order valence-electron chi connectivity index (χ1n) is 10.9. The largest absolute Gasteiger partial charge is 0.418 e. The van der Waals surface area contributed by atoms with E-state index in [0.29, 0.717) is 31.7 Å². The van der Waals surface area contributed by atoms with Gasteiger partial charge in [0.05, 0.1) is 9.77 Å². The number of rotatable bonds is 5. The standard InChI is InChI=1S/C25H23N3O4S2/c1-18-9-11-20(12-10-18)34(30,31)23-25(32-22(26-23)21-8-5-17-33-21)28-15-13-27(14-16-28)24(29)19-6-3-2-4-7-19/h2-12,17H,13-16H2,1H3. The Morgan fingerprint density at radius 2 is 1.65 bits per heavy atom. The zero-order chi connectivity index (χ0) is 23.7. The van der Waals surface area contributed by atoms with E-state index < -0.39 is 9.84 Å². The summed E-state index contributed by atoms with van der Waals surface area (Å²) in [5.74, 6) is 0.457. The van der Waals surface area contributed by atoms with Gasteiger partial charge in [-0.05, 0) is 42.6 Å². The van der Waals surface area contributed by atoms with Gasteiger partial charge in [0.25, 0.3) is 5.91 Å². The molecule has 0 unspecified atom stereocenters. The molecule has 5 rings (SSSR count). The third-order valence-corrected chi connectivity index (χ3v) is 8.30. The van der Waals surface area contributed by atoms with Crippen molar-refractivity contribution in [3.8, 4) is 10.8 Å². The summed E-state index contributed by atoms with van der Waals surface area (Å²) in [5, 5.41) is 1.80.